The summed E-state index contributed by atoms with van der Waals surface area (Å²) in [6.45, 7) is -3.16. The number of hydrogen-bond donors (Lipinski definition) is 6. The lowest BCUT2D eigenvalue weighted by atomic mass is 10.0. The molecule has 15 nitrogen and oxygen atoms in total. The van der Waals surface area contributed by atoms with Crippen LogP contribution in [0.4, 0.5) is 0 Å². The summed E-state index contributed by atoms with van der Waals surface area (Å²) in [4.78, 5) is 81.6. The van der Waals surface area contributed by atoms with Crippen molar-refractivity contribution in [3.8, 4) is 0 Å². The molecule has 0 aliphatic rings. The fraction of sp³-hybridized carbons (Fsp3) is 0.286. The van der Waals surface area contributed by atoms with E-state index in [9.17, 15) is 39.6 Å². The number of carbonyl (C=O) groups is 6. The first-order chi connectivity index (χ1) is 27.4. The Morgan fingerprint density at radius 3 is 1.16 bits per heavy atom. The third kappa shape index (κ3) is 14.4. The molecule has 0 fully saturated rings. The molecule has 0 spiro atoms. The molecule has 15 heteroatoms. The molecule has 4 rings (SSSR count). The number of carboxylic acid groups (broad SMARTS) is 4. The van der Waals surface area contributed by atoms with Crippen molar-refractivity contribution in [2.75, 3.05) is 32.7 Å². The highest BCUT2D eigenvalue weighted by Crippen LogP contribution is 2.18. The van der Waals surface area contributed by atoms with Crippen LogP contribution in [0.1, 0.15) is 22.3 Å². The lowest BCUT2D eigenvalue weighted by Gasteiger charge is -2.39. The van der Waals surface area contributed by atoms with Crippen molar-refractivity contribution in [2.24, 2.45) is 0 Å². The molecule has 0 bridgehead atoms. The zero-order valence-electron chi connectivity index (χ0n) is 31.2. The van der Waals surface area contributed by atoms with E-state index in [1.165, 1.54) is 0 Å². The van der Waals surface area contributed by atoms with Crippen LogP contribution in [0.15, 0.2) is 121 Å². The third-order valence-corrected chi connectivity index (χ3v) is 9.00. The zero-order chi connectivity index (χ0) is 41.2. The van der Waals surface area contributed by atoms with Gasteiger partial charge in [0.05, 0.1) is 31.7 Å². The lowest BCUT2D eigenvalue weighted by Crippen LogP contribution is -2.65. The minimum Gasteiger partial charge on any atom is -0.480 e. The summed E-state index contributed by atoms with van der Waals surface area (Å²) in [5.41, 5.74) is 2.98. The topological polar surface area (TPSA) is 217 Å². The van der Waals surface area contributed by atoms with Gasteiger partial charge in [-0.05, 0) is 35.1 Å². The molecule has 0 aliphatic heterocycles. The molecule has 2 amide bonds. The fourth-order valence-electron chi connectivity index (χ4n) is 6.31. The second-order valence-corrected chi connectivity index (χ2v) is 13.3. The molecule has 0 saturated carbocycles. The molecule has 1 unspecified atom stereocenters. The maximum atomic E-state index is 15.1. The van der Waals surface area contributed by atoms with E-state index in [-0.39, 0.29) is 25.9 Å². The number of nitrogens with zero attached hydrogens (tertiary/aromatic N) is 3. The van der Waals surface area contributed by atoms with Gasteiger partial charge in [0.25, 0.3) is 0 Å². The molecule has 6 N–H and O–H groups in total. The van der Waals surface area contributed by atoms with Gasteiger partial charge in [0.15, 0.2) is 6.17 Å². The predicted molar refractivity (Wildman–Crippen MR) is 209 cm³/mol. The van der Waals surface area contributed by atoms with E-state index in [1.807, 2.05) is 60.7 Å². The Morgan fingerprint density at radius 2 is 0.825 bits per heavy atom. The molecule has 57 heavy (non-hydrogen) atoms. The molecule has 0 radical (unpaired) electrons. The summed E-state index contributed by atoms with van der Waals surface area (Å²) in [5.74, 6) is -7.88. The van der Waals surface area contributed by atoms with E-state index in [0.717, 1.165) is 20.9 Å². The number of aliphatic carboxylic acids is 4. The molecule has 0 saturated heterocycles. The number of nitrogens with one attached hydrogen (secondary N) is 2. The standard InChI is InChI=1S/C42H47N5O10/c48-36(49)27-45(28-37(50)51)21-22-46(29-38(52)53)39(42(56)57)47(40(54)34(23-30-13-5-1-6-14-30)43-25-32-17-9-3-10-18-32)41(55)35(24-31-15-7-2-8-16-31)44-26-33-19-11-4-12-20-33/h1-20,34-35,39,43-44H,21-29H2,(H,48,49)(H,50,51)(H,52,53)(H,56,57)/t34-,35-,39?/m0/s1. The van der Waals surface area contributed by atoms with Crippen LogP contribution in [0.2, 0.25) is 0 Å². The van der Waals surface area contributed by atoms with Crippen molar-refractivity contribution in [3.05, 3.63) is 144 Å². The highest BCUT2D eigenvalue weighted by Gasteiger charge is 2.44. The number of amides is 2. The molecule has 4 aromatic rings. The van der Waals surface area contributed by atoms with Gasteiger partial charge >= 0.3 is 23.9 Å². The van der Waals surface area contributed by atoms with E-state index in [4.69, 9.17) is 0 Å². The number of carboxylic acids is 4. The number of rotatable bonds is 24. The summed E-state index contributed by atoms with van der Waals surface area (Å²) >= 11 is 0. The first kappa shape index (κ1) is 43.5. The number of hydrogen-bond acceptors (Lipinski definition) is 10. The van der Waals surface area contributed by atoms with Crippen molar-refractivity contribution in [1.82, 2.24) is 25.3 Å². The van der Waals surface area contributed by atoms with Gasteiger partial charge in [-0.3, -0.25) is 38.7 Å². The van der Waals surface area contributed by atoms with E-state index in [0.29, 0.717) is 16.0 Å². The van der Waals surface area contributed by atoms with Gasteiger partial charge in [0.1, 0.15) is 0 Å². The maximum absolute atomic E-state index is 15.1. The molecule has 4 aromatic carbocycles. The molecule has 0 heterocycles. The monoisotopic (exact) mass is 781 g/mol. The lowest BCUT2D eigenvalue weighted by molar-refractivity contribution is -0.170. The average Bonchev–Trinajstić information content (AvgIpc) is 3.19. The molecular formula is C42H47N5O10. The van der Waals surface area contributed by atoms with E-state index in [1.54, 1.807) is 60.7 Å². The van der Waals surface area contributed by atoms with Gasteiger partial charge < -0.3 is 31.1 Å². The average molecular weight is 782 g/mol. The first-order valence-corrected chi connectivity index (χ1v) is 18.2. The molecule has 300 valence electrons. The van der Waals surface area contributed by atoms with Crippen molar-refractivity contribution < 1.29 is 49.2 Å². The van der Waals surface area contributed by atoms with Crippen LogP contribution >= 0.6 is 0 Å². The van der Waals surface area contributed by atoms with Crippen LogP contribution in [-0.4, -0.2) is 122 Å². The zero-order valence-corrected chi connectivity index (χ0v) is 31.2. The van der Waals surface area contributed by atoms with Crippen molar-refractivity contribution in [3.63, 3.8) is 0 Å². The Morgan fingerprint density at radius 1 is 0.474 bits per heavy atom. The summed E-state index contributed by atoms with van der Waals surface area (Å²) < 4.78 is 0. The normalized spacial score (nSPS) is 12.7. The quantitative estimate of drug-likeness (QED) is 0.0564. The van der Waals surface area contributed by atoms with Crippen LogP contribution in [-0.2, 0) is 54.7 Å². The highest BCUT2D eigenvalue weighted by molar-refractivity contribution is 6.03. The van der Waals surface area contributed by atoms with Crippen molar-refractivity contribution in [2.45, 2.75) is 44.2 Å². The van der Waals surface area contributed by atoms with Crippen molar-refractivity contribution in [1.29, 1.82) is 0 Å². The predicted octanol–water partition coefficient (Wildman–Crippen LogP) is 2.41. The Kier molecular flexibility index (Phi) is 17.0. The first-order valence-electron chi connectivity index (χ1n) is 18.2. The Bertz CT molecular complexity index is 1800. The van der Waals surface area contributed by atoms with Gasteiger partial charge in [-0.1, -0.05) is 121 Å². The Balaban J connectivity index is 1.84. The molecule has 0 aliphatic carbocycles. The minimum atomic E-state index is -2.22. The Labute approximate surface area is 330 Å². The van der Waals surface area contributed by atoms with Crippen LogP contribution in [0, 0.1) is 0 Å². The number of imide groups is 1. The highest BCUT2D eigenvalue weighted by atomic mass is 16.4. The third-order valence-electron chi connectivity index (χ3n) is 9.00. The summed E-state index contributed by atoms with van der Waals surface area (Å²) in [7, 11) is 0. The van der Waals surface area contributed by atoms with E-state index < -0.39 is 86.7 Å². The van der Waals surface area contributed by atoms with E-state index in [2.05, 4.69) is 10.6 Å². The number of carbonyl (C=O) groups excluding carboxylic acids is 2. The second kappa shape index (κ2) is 22.3. The van der Waals surface area contributed by atoms with Crippen LogP contribution in [0.5, 0.6) is 0 Å². The van der Waals surface area contributed by atoms with Gasteiger partial charge in [0.2, 0.25) is 11.8 Å². The summed E-state index contributed by atoms with van der Waals surface area (Å²) in [5, 5.41) is 46.2. The van der Waals surface area contributed by atoms with Gasteiger partial charge in [-0.15, -0.1) is 0 Å². The summed E-state index contributed by atoms with van der Waals surface area (Å²) in [6, 6.07) is 33.6. The molecular weight excluding hydrogens is 734 g/mol. The SMILES string of the molecule is O=C(O)CN(CCN(CC(=O)O)C(C(=O)O)N(C(=O)[C@H](Cc1ccccc1)NCc1ccccc1)C(=O)[C@H](Cc1ccccc1)NCc1ccccc1)CC(=O)O. The fourth-order valence-corrected chi connectivity index (χ4v) is 6.31. The van der Waals surface area contributed by atoms with Crippen LogP contribution < -0.4 is 10.6 Å². The van der Waals surface area contributed by atoms with Crippen LogP contribution in [0.25, 0.3) is 0 Å². The van der Waals surface area contributed by atoms with Crippen LogP contribution in [0.3, 0.4) is 0 Å². The maximum Gasteiger partial charge on any atom is 0.342 e. The van der Waals surface area contributed by atoms with Gasteiger partial charge in [-0.2, -0.15) is 0 Å². The van der Waals surface area contributed by atoms with Crippen molar-refractivity contribution >= 4 is 35.7 Å². The number of benzene rings is 4. The van der Waals surface area contributed by atoms with E-state index >= 15 is 9.59 Å². The second-order valence-electron chi connectivity index (χ2n) is 13.3. The van der Waals surface area contributed by atoms with Gasteiger partial charge in [-0.25, -0.2) is 4.79 Å². The molecule has 3 atom stereocenters. The Hall–Kier alpha value is -6.26. The summed E-state index contributed by atoms with van der Waals surface area (Å²) in [6.07, 6.45) is -2.17. The largest absolute Gasteiger partial charge is 0.480 e. The smallest absolute Gasteiger partial charge is 0.342 e. The minimum absolute atomic E-state index is 0.0212. The van der Waals surface area contributed by atoms with Gasteiger partial charge in [0, 0.05) is 26.2 Å². The molecule has 0 aromatic heterocycles.